The topological polar surface area (TPSA) is 40.5 Å². The average Bonchev–Trinajstić information content (AvgIpc) is 2.79. The molecular formula is C20H30O2. The number of aliphatic hydroxyl groups excluding tert-OH is 1. The van der Waals surface area contributed by atoms with Crippen LogP contribution >= 0.6 is 0 Å². The van der Waals surface area contributed by atoms with Crippen molar-refractivity contribution < 1.29 is 10.2 Å². The van der Waals surface area contributed by atoms with Gasteiger partial charge in [-0.15, -0.1) is 6.42 Å². The molecule has 3 unspecified atom stereocenters. The molecule has 0 aliphatic heterocycles. The first-order chi connectivity index (χ1) is 10.5. The van der Waals surface area contributed by atoms with Gasteiger partial charge < -0.3 is 10.2 Å². The van der Waals surface area contributed by atoms with Gasteiger partial charge in [-0.25, -0.2) is 0 Å². The lowest BCUT2D eigenvalue weighted by Gasteiger charge is -2.56. The molecule has 4 saturated carbocycles. The summed E-state index contributed by atoms with van der Waals surface area (Å²) in [5.74, 6) is 6.53. The van der Waals surface area contributed by atoms with Crippen molar-refractivity contribution in [3.8, 4) is 12.3 Å². The summed E-state index contributed by atoms with van der Waals surface area (Å²) < 4.78 is 0. The van der Waals surface area contributed by atoms with Crippen molar-refractivity contribution in [2.75, 3.05) is 0 Å². The number of rotatable bonds is 0. The minimum atomic E-state index is -0.873. The fourth-order valence-electron chi connectivity index (χ4n) is 7.08. The summed E-state index contributed by atoms with van der Waals surface area (Å²) in [4.78, 5) is 0. The Morgan fingerprint density at radius 2 is 1.73 bits per heavy atom. The van der Waals surface area contributed by atoms with Gasteiger partial charge in [0, 0.05) is 5.41 Å². The first-order valence-corrected chi connectivity index (χ1v) is 9.37. The highest BCUT2D eigenvalue weighted by atomic mass is 16.3. The SMILES string of the molecule is C#CC1(O)CC[C@H]2[C@@H]3CCC4CC(O)CC[C@@H]4[C@H]3CC[C@@]21C. The lowest BCUT2D eigenvalue weighted by molar-refractivity contribution is -0.111. The van der Waals surface area contributed by atoms with Gasteiger partial charge in [0.25, 0.3) is 0 Å². The number of aliphatic hydroxyl groups is 2. The van der Waals surface area contributed by atoms with Crippen LogP contribution in [0.5, 0.6) is 0 Å². The van der Waals surface area contributed by atoms with E-state index in [1.54, 1.807) is 0 Å². The molecule has 0 heterocycles. The second kappa shape index (κ2) is 4.99. The molecule has 0 aromatic heterocycles. The van der Waals surface area contributed by atoms with Crippen LogP contribution in [0.15, 0.2) is 0 Å². The smallest absolute Gasteiger partial charge is 0.130 e. The Balaban J connectivity index is 1.60. The maximum Gasteiger partial charge on any atom is 0.130 e. The maximum absolute atomic E-state index is 10.9. The van der Waals surface area contributed by atoms with E-state index in [1.807, 2.05) is 0 Å². The Hall–Kier alpha value is -0.520. The molecule has 4 aliphatic carbocycles. The standard InChI is InChI=1S/C20H30O2/c1-3-20(22)11-9-18-17-6-4-13-12-14(21)5-7-15(13)16(17)8-10-19(18,20)2/h1,13-18,21-22H,4-12H2,2H3/t13?,14?,15-,16+,17+,18-,19-,20?/m0/s1. The van der Waals surface area contributed by atoms with E-state index in [9.17, 15) is 10.2 Å². The Labute approximate surface area is 134 Å². The van der Waals surface area contributed by atoms with E-state index in [4.69, 9.17) is 6.42 Å². The third kappa shape index (κ3) is 1.88. The van der Waals surface area contributed by atoms with Gasteiger partial charge in [-0.1, -0.05) is 12.8 Å². The molecular weight excluding hydrogens is 272 g/mol. The fourth-order valence-corrected chi connectivity index (χ4v) is 7.08. The van der Waals surface area contributed by atoms with Crippen LogP contribution in [0.2, 0.25) is 0 Å². The highest BCUT2D eigenvalue weighted by molar-refractivity contribution is 5.23. The number of fused-ring (bicyclic) bond motifs is 5. The third-order valence-electron chi connectivity index (χ3n) is 8.32. The normalized spacial score (nSPS) is 57.4. The van der Waals surface area contributed by atoms with Crippen molar-refractivity contribution >= 4 is 0 Å². The van der Waals surface area contributed by atoms with Crippen molar-refractivity contribution in [2.24, 2.45) is 35.0 Å². The molecule has 0 spiro atoms. The molecule has 2 nitrogen and oxygen atoms in total. The van der Waals surface area contributed by atoms with Crippen molar-refractivity contribution in [3.63, 3.8) is 0 Å². The second-order valence-corrected chi connectivity index (χ2v) is 8.90. The molecule has 4 rings (SSSR count). The quantitative estimate of drug-likeness (QED) is 0.674. The predicted molar refractivity (Wildman–Crippen MR) is 86.9 cm³/mol. The lowest BCUT2D eigenvalue weighted by atomic mass is 9.49. The molecule has 22 heavy (non-hydrogen) atoms. The van der Waals surface area contributed by atoms with E-state index < -0.39 is 5.60 Å². The lowest BCUT2D eigenvalue weighted by Crippen LogP contribution is -2.53. The molecule has 4 fully saturated rings. The maximum atomic E-state index is 10.9. The zero-order valence-corrected chi connectivity index (χ0v) is 13.8. The van der Waals surface area contributed by atoms with E-state index in [0.717, 1.165) is 55.8 Å². The monoisotopic (exact) mass is 302 g/mol. The van der Waals surface area contributed by atoms with E-state index in [0.29, 0.717) is 5.92 Å². The highest BCUT2D eigenvalue weighted by Gasteiger charge is 2.62. The Morgan fingerprint density at radius 1 is 0.955 bits per heavy atom. The van der Waals surface area contributed by atoms with Gasteiger partial charge in [-0.3, -0.25) is 0 Å². The molecule has 0 radical (unpaired) electrons. The van der Waals surface area contributed by atoms with Gasteiger partial charge >= 0.3 is 0 Å². The molecule has 8 atom stereocenters. The second-order valence-electron chi connectivity index (χ2n) is 8.90. The van der Waals surface area contributed by atoms with Crippen molar-refractivity contribution in [1.29, 1.82) is 0 Å². The fraction of sp³-hybridized carbons (Fsp3) is 0.900. The molecule has 0 saturated heterocycles. The Kier molecular flexibility index (Phi) is 3.41. The largest absolute Gasteiger partial charge is 0.393 e. The summed E-state index contributed by atoms with van der Waals surface area (Å²) >= 11 is 0. The van der Waals surface area contributed by atoms with Gasteiger partial charge in [0.15, 0.2) is 0 Å². The van der Waals surface area contributed by atoms with Crippen LogP contribution in [-0.2, 0) is 0 Å². The molecule has 2 N–H and O–H groups in total. The third-order valence-corrected chi connectivity index (χ3v) is 8.32. The van der Waals surface area contributed by atoms with Crippen LogP contribution in [-0.4, -0.2) is 21.9 Å². The first kappa shape index (κ1) is 15.0. The molecule has 0 amide bonds. The highest BCUT2D eigenvalue weighted by Crippen LogP contribution is 2.65. The predicted octanol–water partition coefficient (Wildman–Crippen LogP) is 3.36. The summed E-state index contributed by atoms with van der Waals surface area (Å²) in [6, 6.07) is 0. The van der Waals surface area contributed by atoms with Crippen molar-refractivity contribution in [2.45, 2.75) is 76.4 Å². The van der Waals surface area contributed by atoms with Crippen LogP contribution < -0.4 is 0 Å². The van der Waals surface area contributed by atoms with Crippen LogP contribution in [0.1, 0.15) is 64.7 Å². The minimum absolute atomic E-state index is 0.0512. The Bertz CT molecular complexity index is 494. The van der Waals surface area contributed by atoms with Crippen LogP contribution in [0, 0.1) is 47.3 Å². The average molecular weight is 302 g/mol. The number of terminal acetylenes is 1. The molecule has 4 aliphatic rings. The van der Waals surface area contributed by atoms with E-state index >= 15 is 0 Å². The molecule has 0 aromatic rings. The molecule has 2 heteroatoms. The number of hydrogen-bond donors (Lipinski definition) is 2. The van der Waals surface area contributed by atoms with Gasteiger partial charge in [0.05, 0.1) is 6.10 Å². The summed E-state index contributed by atoms with van der Waals surface area (Å²) in [5, 5.41) is 20.9. The molecule has 0 bridgehead atoms. The van der Waals surface area contributed by atoms with E-state index in [2.05, 4.69) is 12.8 Å². The van der Waals surface area contributed by atoms with E-state index in [-0.39, 0.29) is 11.5 Å². The van der Waals surface area contributed by atoms with Crippen LogP contribution in [0.4, 0.5) is 0 Å². The summed E-state index contributed by atoms with van der Waals surface area (Å²) in [7, 11) is 0. The van der Waals surface area contributed by atoms with Crippen molar-refractivity contribution in [3.05, 3.63) is 0 Å². The zero-order chi connectivity index (χ0) is 15.5. The van der Waals surface area contributed by atoms with Gasteiger partial charge in [0.1, 0.15) is 5.60 Å². The molecule has 0 aromatic carbocycles. The summed E-state index contributed by atoms with van der Waals surface area (Å²) in [5.41, 5.74) is -0.938. The van der Waals surface area contributed by atoms with E-state index in [1.165, 1.54) is 25.7 Å². The summed E-state index contributed by atoms with van der Waals surface area (Å²) in [6.45, 7) is 2.26. The van der Waals surface area contributed by atoms with Crippen LogP contribution in [0.25, 0.3) is 0 Å². The molecule has 122 valence electrons. The van der Waals surface area contributed by atoms with Gasteiger partial charge in [0.2, 0.25) is 0 Å². The van der Waals surface area contributed by atoms with Gasteiger partial charge in [-0.2, -0.15) is 0 Å². The minimum Gasteiger partial charge on any atom is -0.393 e. The number of hydrogen-bond acceptors (Lipinski definition) is 2. The summed E-state index contributed by atoms with van der Waals surface area (Å²) in [6.07, 6.45) is 15.7. The van der Waals surface area contributed by atoms with Crippen molar-refractivity contribution in [1.82, 2.24) is 0 Å². The van der Waals surface area contributed by atoms with Crippen LogP contribution in [0.3, 0.4) is 0 Å². The first-order valence-electron chi connectivity index (χ1n) is 9.37. The zero-order valence-electron chi connectivity index (χ0n) is 13.8. The Morgan fingerprint density at radius 3 is 2.50 bits per heavy atom. The van der Waals surface area contributed by atoms with Gasteiger partial charge in [-0.05, 0) is 87.4 Å².